The molecule has 0 aromatic heterocycles. The molecular formula is C12H12N2O3. The summed E-state index contributed by atoms with van der Waals surface area (Å²) in [5.41, 5.74) is 0.862. The molecule has 1 N–H and O–H groups in total. The lowest BCUT2D eigenvalue weighted by molar-refractivity contribution is -0.144. The van der Waals surface area contributed by atoms with E-state index in [2.05, 4.69) is 0 Å². The first-order valence-electron chi connectivity index (χ1n) is 5.04. The molecule has 0 saturated heterocycles. The minimum atomic E-state index is -1.19. The summed E-state index contributed by atoms with van der Waals surface area (Å²) in [6.07, 6.45) is -0.589. The molecule has 17 heavy (non-hydrogen) atoms. The average molecular weight is 232 g/mol. The third-order valence-electron chi connectivity index (χ3n) is 2.13. The summed E-state index contributed by atoms with van der Waals surface area (Å²) in [5.74, 6) is -1.74. The van der Waals surface area contributed by atoms with Crippen LogP contribution in [0.2, 0.25) is 0 Å². The van der Waals surface area contributed by atoms with Crippen LogP contribution in [0.1, 0.15) is 12.0 Å². The molecule has 0 saturated carbocycles. The van der Waals surface area contributed by atoms with Crippen molar-refractivity contribution in [2.24, 2.45) is 0 Å². The molecule has 0 spiro atoms. The van der Waals surface area contributed by atoms with Crippen LogP contribution in [-0.2, 0) is 16.1 Å². The maximum absolute atomic E-state index is 11.5. The molecule has 0 bridgehead atoms. The van der Waals surface area contributed by atoms with Crippen molar-refractivity contribution in [3.05, 3.63) is 35.9 Å². The molecule has 1 aromatic rings. The van der Waals surface area contributed by atoms with Crippen molar-refractivity contribution < 1.29 is 14.7 Å². The van der Waals surface area contributed by atoms with E-state index >= 15 is 0 Å². The maximum Gasteiger partial charge on any atom is 0.312 e. The van der Waals surface area contributed by atoms with Gasteiger partial charge in [0.25, 0.3) is 0 Å². The highest BCUT2D eigenvalue weighted by Crippen LogP contribution is 2.05. The molecular weight excluding hydrogens is 220 g/mol. The molecule has 0 atom stereocenters. The second-order valence-electron chi connectivity index (χ2n) is 3.46. The first kappa shape index (κ1) is 12.7. The standard InChI is InChI=1S/C12H12N2O3/c13-6-7-14(11(15)8-12(16)17)9-10-4-2-1-3-5-10/h1-5H,7-9H2,(H,16,17). The largest absolute Gasteiger partial charge is 0.481 e. The van der Waals surface area contributed by atoms with Gasteiger partial charge >= 0.3 is 5.97 Å². The normalized spacial score (nSPS) is 9.35. The van der Waals surface area contributed by atoms with Gasteiger partial charge in [-0.15, -0.1) is 0 Å². The smallest absolute Gasteiger partial charge is 0.312 e. The van der Waals surface area contributed by atoms with Gasteiger partial charge in [0.05, 0.1) is 6.07 Å². The van der Waals surface area contributed by atoms with Gasteiger partial charge in [0.1, 0.15) is 13.0 Å². The Morgan fingerprint density at radius 3 is 2.47 bits per heavy atom. The van der Waals surface area contributed by atoms with Crippen LogP contribution in [0.5, 0.6) is 0 Å². The Labute approximate surface area is 98.9 Å². The summed E-state index contributed by atoms with van der Waals surface area (Å²) < 4.78 is 0. The number of carbonyl (C=O) groups excluding carboxylic acids is 1. The molecule has 0 fully saturated rings. The summed E-state index contributed by atoms with van der Waals surface area (Å²) in [7, 11) is 0. The highest BCUT2D eigenvalue weighted by atomic mass is 16.4. The Morgan fingerprint density at radius 2 is 1.94 bits per heavy atom. The Morgan fingerprint density at radius 1 is 1.29 bits per heavy atom. The first-order chi connectivity index (χ1) is 8.13. The van der Waals surface area contributed by atoms with Crippen LogP contribution < -0.4 is 0 Å². The minimum absolute atomic E-state index is 0.110. The Hall–Kier alpha value is -2.35. The molecule has 1 aromatic carbocycles. The third-order valence-corrected chi connectivity index (χ3v) is 2.13. The number of hydrogen-bond donors (Lipinski definition) is 1. The van der Waals surface area contributed by atoms with Crippen molar-refractivity contribution in [1.29, 1.82) is 5.26 Å². The summed E-state index contributed by atoms with van der Waals surface area (Å²) >= 11 is 0. The molecule has 0 unspecified atom stereocenters. The molecule has 0 aliphatic carbocycles. The van der Waals surface area contributed by atoms with E-state index in [1.807, 2.05) is 36.4 Å². The van der Waals surface area contributed by atoms with Crippen LogP contribution >= 0.6 is 0 Å². The number of nitrogens with zero attached hydrogens (tertiary/aromatic N) is 2. The van der Waals surface area contributed by atoms with E-state index in [-0.39, 0.29) is 13.1 Å². The zero-order valence-electron chi connectivity index (χ0n) is 9.17. The van der Waals surface area contributed by atoms with Crippen LogP contribution in [0.4, 0.5) is 0 Å². The van der Waals surface area contributed by atoms with Gasteiger partial charge in [-0.05, 0) is 5.56 Å². The number of benzene rings is 1. The van der Waals surface area contributed by atoms with Crippen LogP contribution in [0.3, 0.4) is 0 Å². The topological polar surface area (TPSA) is 81.4 Å². The number of aliphatic carboxylic acids is 1. The fourth-order valence-corrected chi connectivity index (χ4v) is 1.36. The van der Waals surface area contributed by atoms with Crippen molar-refractivity contribution >= 4 is 11.9 Å². The van der Waals surface area contributed by atoms with Gasteiger partial charge in [0.2, 0.25) is 5.91 Å². The van der Waals surface area contributed by atoms with Crippen molar-refractivity contribution in [1.82, 2.24) is 4.90 Å². The van der Waals surface area contributed by atoms with E-state index in [4.69, 9.17) is 10.4 Å². The molecule has 0 aliphatic heterocycles. The van der Waals surface area contributed by atoms with Gasteiger partial charge in [-0.25, -0.2) is 0 Å². The second kappa shape index (κ2) is 6.28. The number of amides is 1. The van der Waals surface area contributed by atoms with Crippen LogP contribution in [0.15, 0.2) is 30.3 Å². The number of carboxylic acid groups (broad SMARTS) is 1. The zero-order chi connectivity index (χ0) is 12.7. The van der Waals surface area contributed by atoms with Crippen LogP contribution in [0.25, 0.3) is 0 Å². The summed E-state index contributed by atoms with van der Waals surface area (Å²) in [5, 5.41) is 17.1. The van der Waals surface area contributed by atoms with Crippen LogP contribution in [0, 0.1) is 11.3 Å². The highest BCUT2D eigenvalue weighted by molar-refractivity contribution is 5.93. The number of hydrogen-bond acceptors (Lipinski definition) is 3. The SMILES string of the molecule is N#CCN(Cc1ccccc1)C(=O)CC(=O)O. The van der Waals surface area contributed by atoms with E-state index in [1.54, 1.807) is 0 Å². The quantitative estimate of drug-likeness (QED) is 0.606. The van der Waals surface area contributed by atoms with Gasteiger partial charge in [0.15, 0.2) is 0 Å². The number of nitriles is 1. The third kappa shape index (κ3) is 4.34. The zero-order valence-corrected chi connectivity index (χ0v) is 9.17. The molecule has 1 amide bonds. The fourth-order valence-electron chi connectivity index (χ4n) is 1.36. The predicted molar refractivity (Wildman–Crippen MR) is 59.7 cm³/mol. The van der Waals surface area contributed by atoms with Gasteiger partial charge < -0.3 is 10.0 Å². The molecule has 88 valence electrons. The summed E-state index contributed by atoms with van der Waals surface area (Å²) in [6.45, 7) is 0.140. The monoisotopic (exact) mass is 232 g/mol. The second-order valence-corrected chi connectivity index (χ2v) is 3.46. The van der Waals surface area contributed by atoms with Gasteiger partial charge in [-0.1, -0.05) is 30.3 Å². The fraction of sp³-hybridized carbons (Fsp3) is 0.250. The van der Waals surface area contributed by atoms with E-state index in [1.165, 1.54) is 4.90 Å². The lowest BCUT2D eigenvalue weighted by Crippen LogP contribution is -2.32. The first-order valence-corrected chi connectivity index (χ1v) is 5.04. The Bertz CT molecular complexity index is 437. The van der Waals surface area contributed by atoms with Crippen molar-refractivity contribution in [3.63, 3.8) is 0 Å². The molecule has 0 radical (unpaired) electrons. The van der Waals surface area contributed by atoms with Crippen LogP contribution in [-0.4, -0.2) is 28.4 Å². The van der Waals surface area contributed by atoms with Gasteiger partial charge in [0, 0.05) is 6.54 Å². The van der Waals surface area contributed by atoms with E-state index < -0.39 is 18.3 Å². The van der Waals surface area contributed by atoms with Crippen molar-refractivity contribution in [2.75, 3.05) is 6.54 Å². The maximum atomic E-state index is 11.5. The molecule has 0 heterocycles. The summed E-state index contributed by atoms with van der Waals surface area (Å²) in [4.78, 5) is 23.2. The van der Waals surface area contributed by atoms with Gasteiger partial charge in [-0.3, -0.25) is 9.59 Å². The summed E-state index contributed by atoms with van der Waals surface area (Å²) in [6, 6.07) is 11.0. The molecule has 1 rings (SSSR count). The van der Waals surface area contributed by atoms with E-state index in [0.717, 1.165) is 5.56 Å². The number of carbonyl (C=O) groups is 2. The number of carboxylic acids is 1. The minimum Gasteiger partial charge on any atom is -0.481 e. The predicted octanol–water partition coefficient (Wildman–Crippen LogP) is 1.01. The van der Waals surface area contributed by atoms with Crippen molar-refractivity contribution in [2.45, 2.75) is 13.0 Å². The molecule has 5 heteroatoms. The molecule has 5 nitrogen and oxygen atoms in total. The number of rotatable bonds is 5. The van der Waals surface area contributed by atoms with E-state index in [9.17, 15) is 9.59 Å². The van der Waals surface area contributed by atoms with E-state index in [0.29, 0.717) is 0 Å². The average Bonchev–Trinajstić information content (AvgIpc) is 2.29. The lowest BCUT2D eigenvalue weighted by Gasteiger charge is -2.18. The van der Waals surface area contributed by atoms with Crippen molar-refractivity contribution in [3.8, 4) is 6.07 Å². The Balaban J connectivity index is 2.70. The highest BCUT2D eigenvalue weighted by Gasteiger charge is 2.16. The lowest BCUT2D eigenvalue weighted by atomic mass is 10.2. The van der Waals surface area contributed by atoms with Gasteiger partial charge in [-0.2, -0.15) is 5.26 Å². The Kier molecular flexibility index (Phi) is 4.70. The molecule has 0 aliphatic rings.